The molecule has 1 aliphatic carbocycles. The number of benzene rings is 2. The van der Waals surface area contributed by atoms with Crippen molar-refractivity contribution in [3.8, 4) is 5.75 Å². The summed E-state index contributed by atoms with van der Waals surface area (Å²) < 4.78 is 5.53. The van der Waals surface area contributed by atoms with Crippen molar-refractivity contribution in [3.63, 3.8) is 0 Å². The first-order valence-corrected chi connectivity index (χ1v) is 10.7. The Labute approximate surface area is 206 Å². The predicted octanol–water partition coefficient (Wildman–Crippen LogP) is 3.57. The van der Waals surface area contributed by atoms with Gasteiger partial charge in [-0.2, -0.15) is 0 Å². The van der Waals surface area contributed by atoms with Crippen LogP contribution in [0.1, 0.15) is 24.0 Å². The summed E-state index contributed by atoms with van der Waals surface area (Å²) in [5.74, 6) is 1.43. The molecule has 3 N–H and O–H groups in total. The summed E-state index contributed by atoms with van der Waals surface area (Å²) in [6.45, 7) is 1.63. The molecule has 0 aliphatic heterocycles. The Morgan fingerprint density at radius 3 is 2.06 bits per heavy atom. The molecule has 0 bridgehead atoms. The summed E-state index contributed by atoms with van der Waals surface area (Å²) in [6, 6.07) is 16.1. The molecule has 8 heteroatoms. The monoisotopic (exact) mass is 556 g/mol. The number of guanidine groups is 1. The quantitative estimate of drug-likeness (QED) is 0.238. The molecule has 0 aromatic heterocycles. The van der Waals surface area contributed by atoms with Gasteiger partial charge in [-0.15, -0.1) is 24.0 Å². The zero-order chi connectivity index (χ0) is 21.2. The Kier molecular flexibility index (Phi) is 10.9. The lowest BCUT2D eigenvalue weighted by Gasteiger charge is -2.12. The summed E-state index contributed by atoms with van der Waals surface area (Å²) in [5, 5.41) is 10.3. The lowest BCUT2D eigenvalue weighted by atomic mass is 10.1. The Hall–Kier alpha value is -2.00. The Morgan fingerprint density at radius 1 is 1.00 bits per heavy atom. The average Bonchev–Trinajstić information content (AvgIpc) is 3.57. The molecule has 0 radical (unpaired) electrons. The maximum atomic E-state index is 11.7. The molecular weight excluding hydrogens is 527 g/mol. The number of carbonyl (C=O) groups is 1. The van der Waals surface area contributed by atoms with E-state index in [2.05, 4.69) is 20.9 Å². The van der Waals surface area contributed by atoms with Gasteiger partial charge in [-0.05, 0) is 61.1 Å². The van der Waals surface area contributed by atoms with Gasteiger partial charge in [0.15, 0.2) is 12.6 Å². The van der Waals surface area contributed by atoms with Gasteiger partial charge >= 0.3 is 0 Å². The highest BCUT2D eigenvalue weighted by atomic mass is 127. The number of amides is 1. The molecule has 0 spiro atoms. The standard InChI is InChI=1S/C23H29ClN4O2.HI/c1-25-23(26-14-12-17-2-6-19(24)7-3-17)27-15-13-18-4-10-21(11-5-18)30-16-22(29)28-20-8-9-20;/h2-7,10-11,20H,8-9,12-16H2,1H3,(H,28,29)(H2,25,26,27);1H. The normalized spacial score (nSPS) is 13.2. The molecule has 0 heterocycles. The number of rotatable bonds is 10. The largest absolute Gasteiger partial charge is 0.484 e. The second-order valence-electron chi connectivity index (χ2n) is 7.33. The highest BCUT2D eigenvalue weighted by molar-refractivity contribution is 14.0. The van der Waals surface area contributed by atoms with Gasteiger partial charge in [-0.3, -0.25) is 9.79 Å². The lowest BCUT2D eigenvalue weighted by molar-refractivity contribution is -0.123. The molecule has 2 aromatic rings. The van der Waals surface area contributed by atoms with Crippen LogP contribution >= 0.6 is 35.6 Å². The Bertz CT molecular complexity index is 840. The molecule has 31 heavy (non-hydrogen) atoms. The molecule has 0 unspecified atom stereocenters. The minimum Gasteiger partial charge on any atom is -0.484 e. The molecule has 1 amide bonds. The van der Waals surface area contributed by atoms with E-state index in [1.807, 2.05) is 48.5 Å². The van der Waals surface area contributed by atoms with Crippen LogP contribution < -0.4 is 20.7 Å². The van der Waals surface area contributed by atoms with E-state index in [4.69, 9.17) is 16.3 Å². The van der Waals surface area contributed by atoms with Crippen LogP contribution in [0.3, 0.4) is 0 Å². The lowest BCUT2D eigenvalue weighted by Crippen LogP contribution is -2.39. The summed E-state index contributed by atoms with van der Waals surface area (Å²) in [7, 11) is 1.77. The highest BCUT2D eigenvalue weighted by Gasteiger charge is 2.23. The van der Waals surface area contributed by atoms with Crippen molar-refractivity contribution in [2.75, 3.05) is 26.7 Å². The van der Waals surface area contributed by atoms with Gasteiger partial charge in [-0.1, -0.05) is 35.9 Å². The maximum Gasteiger partial charge on any atom is 0.258 e. The number of nitrogens with zero attached hydrogens (tertiary/aromatic N) is 1. The maximum absolute atomic E-state index is 11.7. The number of hydrogen-bond acceptors (Lipinski definition) is 3. The van der Waals surface area contributed by atoms with Crippen molar-refractivity contribution >= 4 is 47.4 Å². The molecule has 6 nitrogen and oxygen atoms in total. The molecule has 1 aliphatic rings. The van der Waals surface area contributed by atoms with E-state index in [9.17, 15) is 4.79 Å². The van der Waals surface area contributed by atoms with Crippen LogP contribution in [-0.2, 0) is 17.6 Å². The van der Waals surface area contributed by atoms with Crippen LogP contribution in [0.5, 0.6) is 5.75 Å². The fourth-order valence-electron chi connectivity index (χ4n) is 2.92. The summed E-state index contributed by atoms with van der Waals surface area (Å²) >= 11 is 5.91. The Morgan fingerprint density at radius 2 is 1.55 bits per heavy atom. The fraction of sp³-hybridized carbons (Fsp3) is 0.391. The van der Waals surface area contributed by atoms with Crippen molar-refractivity contribution in [1.29, 1.82) is 0 Å². The van der Waals surface area contributed by atoms with Gasteiger partial charge in [0, 0.05) is 31.2 Å². The molecule has 0 saturated heterocycles. The van der Waals surface area contributed by atoms with Crippen LogP contribution in [0.4, 0.5) is 0 Å². The minimum atomic E-state index is -0.0549. The third kappa shape index (κ3) is 9.78. The molecule has 3 rings (SSSR count). The number of aliphatic imine (C=N–C) groups is 1. The zero-order valence-corrected chi connectivity index (χ0v) is 20.8. The van der Waals surface area contributed by atoms with Gasteiger partial charge < -0.3 is 20.7 Å². The van der Waals surface area contributed by atoms with Crippen LogP contribution in [0.2, 0.25) is 5.02 Å². The summed E-state index contributed by atoms with van der Waals surface area (Å²) in [4.78, 5) is 15.9. The first kappa shape index (κ1) is 25.3. The van der Waals surface area contributed by atoms with Crippen molar-refractivity contribution in [2.24, 2.45) is 4.99 Å². The number of ether oxygens (including phenoxy) is 1. The first-order valence-electron chi connectivity index (χ1n) is 10.3. The third-order valence-electron chi connectivity index (χ3n) is 4.78. The second-order valence-corrected chi connectivity index (χ2v) is 7.76. The molecular formula is C23H30ClIN4O2. The fourth-order valence-corrected chi connectivity index (χ4v) is 3.05. The molecule has 2 aromatic carbocycles. The van der Waals surface area contributed by atoms with Gasteiger partial charge in [-0.25, -0.2) is 0 Å². The van der Waals surface area contributed by atoms with E-state index in [1.165, 1.54) is 11.1 Å². The average molecular weight is 557 g/mol. The van der Waals surface area contributed by atoms with Crippen LogP contribution in [0.15, 0.2) is 53.5 Å². The third-order valence-corrected chi connectivity index (χ3v) is 5.04. The molecule has 1 saturated carbocycles. The zero-order valence-electron chi connectivity index (χ0n) is 17.7. The minimum absolute atomic E-state index is 0. The van der Waals surface area contributed by atoms with E-state index >= 15 is 0 Å². The van der Waals surface area contributed by atoms with E-state index in [0.29, 0.717) is 11.8 Å². The van der Waals surface area contributed by atoms with Gasteiger partial charge in [0.2, 0.25) is 0 Å². The van der Waals surface area contributed by atoms with E-state index in [0.717, 1.165) is 49.8 Å². The summed E-state index contributed by atoms with van der Waals surface area (Å²) in [5.41, 5.74) is 2.42. The number of nitrogens with one attached hydrogen (secondary N) is 3. The van der Waals surface area contributed by atoms with Crippen molar-refractivity contribution in [3.05, 3.63) is 64.7 Å². The second kappa shape index (κ2) is 13.4. The van der Waals surface area contributed by atoms with Crippen molar-refractivity contribution < 1.29 is 9.53 Å². The predicted molar refractivity (Wildman–Crippen MR) is 137 cm³/mol. The molecule has 1 fully saturated rings. The Balaban J connectivity index is 0.00000341. The van der Waals surface area contributed by atoms with Crippen LogP contribution in [0, 0.1) is 0 Å². The number of halogens is 2. The summed E-state index contributed by atoms with van der Waals surface area (Å²) in [6.07, 6.45) is 3.92. The van der Waals surface area contributed by atoms with E-state index < -0.39 is 0 Å². The van der Waals surface area contributed by atoms with Crippen LogP contribution in [-0.4, -0.2) is 44.7 Å². The van der Waals surface area contributed by atoms with Crippen LogP contribution in [0.25, 0.3) is 0 Å². The van der Waals surface area contributed by atoms with Gasteiger partial charge in [0.25, 0.3) is 5.91 Å². The number of carbonyl (C=O) groups excluding carboxylic acids is 1. The van der Waals surface area contributed by atoms with E-state index in [-0.39, 0.29) is 36.5 Å². The SMILES string of the molecule is CN=C(NCCc1ccc(Cl)cc1)NCCc1ccc(OCC(=O)NC2CC2)cc1.I. The van der Waals surface area contributed by atoms with E-state index in [1.54, 1.807) is 7.05 Å². The van der Waals surface area contributed by atoms with Gasteiger partial charge in [0.1, 0.15) is 5.75 Å². The first-order chi connectivity index (χ1) is 14.6. The molecule has 168 valence electrons. The van der Waals surface area contributed by atoms with Crippen molar-refractivity contribution in [1.82, 2.24) is 16.0 Å². The molecule has 0 atom stereocenters. The smallest absolute Gasteiger partial charge is 0.258 e. The van der Waals surface area contributed by atoms with Crippen molar-refractivity contribution in [2.45, 2.75) is 31.7 Å². The van der Waals surface area contributed by atoms with Gasteiger partial charge in [0.05, 0.1) is 0 Å². The number of hydrogen-bond donors (Lipinski definition) is 3. The highest BCUT2D eigenvalue weighted by Crippen LogP contribution is 2.18. The topological polar surface area (TPSA) is 74.8 Å².